The average Bonchev–Trinajstić information content (AvgIpc) is 2.91. The zero-order chi connectivity index (χ0) is 13.2. The van der Waals surface area contributed by atoms with Gasteiger partial charge in [-0.3, -0.25) is 9.78 Å². The van der Waals surface area contributed by atoms with E-state index in [1.165, 1.54) is 6.33 Å². The van der Waals surface area contributed by atoms with Gasteiger partial charge in [0.05, 0.1) is 12.1 Å². The number of aromatic nitrogens is 3. The molecule has 7 heteroatoms. The van der Waals surface area contributed by atoms with Crippen LogP contribution >= 0.6 is 11.3 Å². The lowest BCUT2D eigenvalue weighted by Gasteiger charge is -2.26. The van der Waals surface area contributed by atoms with Gasteiger partial charge in [0.25, 0.3) is 0 Å². The van der Waals surface area contributed by atoms with Gasteiger partial charge in [0.1, 0.15) is 12.1 Å². The van der Waals surface area contributed by atoms with Crippen molar-refractivity contribution in [2.45, 2.75) is 13.0 Å². The van der Waals surface area contributed by atoms with Crippen LogP contribution in [0.1, 0.15) is 10.4 Å². The highest BCUT2D eigenvalue weighted by Crippen LogP contribution is 2.27. The number of primary amides is 1. The average molecular weight is 273 g/mol. The summed E-state index contributed by atoms with van der Waals surface area (Å²) in [5.41, 5.74) is 8.62. The maximum atomic E-state index is 11.4. The molecule has 0 atom stereocenters. The van der Waals surface area contributed by atoms with Crippen molar-refractivity contribution in [3.63, 3.8) is 0 Å². The molecule has 2 aromatic rings. The summed E-state index contributed by atoms with van der Waals surface area (Å²) in [5.74, 6) is 0.400. The molecule has 19 heavy (non-hydrogen) atoms. The normalized spacial score (nSPS) is 13.9. The summed E-state index contributed by atoms with van der Waals surface area (Å²) in [6.07, 6.45) is 7.26. The smallest absolute Gasteiger partial charge is 0.246 e. The fourth-order valence-electron chi connectivity index (χ4n) is 1.99. The topological polar surface area (TPSA) is 85.0 Å². The molecule has 0 saturated carbocycles. The SMILES string of the molecule is NC(=O)C1=CN(Cc2cncs2)c2ncncc2C1. The Morgan fingerprint density at radius 1 is 1.42 bits per heavy atom. The molecule has 3 heterocycles. The van der Waals surface area contributed by atoms with E-state index in [-0.39, 0.29) is 0 Å². The molecule has 2 aromatic heterocycles. The maximum absolute atomic E-state index is 11.4. The first-order chi connectivity index (χ1) is 9.24. The van der Waals surface area contributed by atoms with Crippen LogP contribution in [-0.4, -0.2) is 20.9 Å². The Balaban J connectivity index is 1.98. The largest absolute Gasteiger partial charge is 0.366 e. The van der Waals surface area contributed by atoms with Crippen LogP contribution in [0.2, 0.25) is 0 Å². The van der Waals surface area contributed by atoms with Crippen molar-refractivity contribution in [3.8, 4) is 0 Å². The van der Waals surface area contributed by atoms with E-state index in [2.05, 4.69) is 15.0 Å². The highest BCUT2D eigenvalue weighted by molar-refractivity contribution is 7.09. The first kappa shape index (κ1) is 11.8. The second-order valence-electron chi connectivity index (χ2n) is 4.16. The molecule has 3 rings (SSSR count). The molecule has 0 spiro atoms. The third kappa shape index (κ3) is 2.32. The number of carbonyl (C=O) groups excluding carboxylic acids is 1. The van der Waals surface area contributed by atoms with Gasteiger partial charge in [-0.25, -0.2) is 9.97 Å². The van der Waals surface area contributed by atoms with Crippen LogP contribution in [-0.2, 0) is 17.8 Å². The summed E-state index contributed by atoms with van der Waals surface area (Å²) < 4.78 is 0. The van der Waals surface area contributed by atoms with Gasteiger partial charge in [0.2, 0.25) is 5.91 Å². The fourth-order valence-corrected chi connectivity index (χ4v) is 2.59. The second kappa shape index (κ2) is 4.77. The van der Waals surface area contributed by atoms with E-state index in [0.29, 0.717) is 18.5 Å². The highest BCUT2D eigenvalue weighted by atomic mass is 32.1. The number of thiazole rings is 1. The lowest BCUT2D eigenvalue weighted by Crippen LogP contribution is -2.27. The summed E-state index contributed by atoms with van der Waals surface area (Å²) in [6.45, 7) is 0.617. The van der Waals surface area contributed by atoms with Gasteiger partial charge in [-0.05, 0) is 0 Å². The van der Waals surface area contributed by atoms with Gasteiger partial charge in [-0.1, -0.05) is 0 Å². The van der Waals surface area contributed by atoms with E-state index < -0.39 is 5.91 Å². The second-order valence-corrected chi connectivity index (χ2v) is 5.13. The summed E-state index contributed by atoms with van der Waals surface area (Å²) in [4.78, 5) is 26.7. The molecule has 0 aromatic carbocycles. The number of rotatable bonds is 3. The predicted molar refractivity (Wildman–Crippen MR) is 71.3 cm³/mol. The highest BCUT2D eigenvalue weighted by Gasteiger charge is 2.21. The Kier molecular flexibility index (Phi) is 2.96. The number of carbonyl (C=O) groups is 1. The van der Waals surface area contributed by atoms with Crippen molar-refractivity contribution in [3.05, 3.63) is 46.4 Å². The van der Waals surface area contributed by atoms with Crippen LogP contribution in [0.4, 0.5) is 5.82 Å². The first-order valence-electron chi connectivity index (χ1n) is 5.67. The Hall–Kier alpha value is -2.28. The third-order valence-electron chi connectivity index (χ3n) is 2.86. The van der Waals surface area contributed by atoms with Gasteiger partial charge in [-0.2, -0.15) is 0 Å². The molecule has 0 aliphatic carbocycles. The van der Waals surface area contributed by atoms with Crippen LogP contribution in [0, 0.1) is 0 Å². The molecule has 1 amide bonds. The van der Waals surface area contributed by atoms with E-state index in [1.807, 2.05) is 4.90 Å². The van der Waals surface area contributed by atoms with Crippen molar-refractivity contribution in [1.29, 1.82) is 0 Å². The van der Waals surface area contributed by atoms with Gasteiger partial charge >= 0.3 is 0 Å². The van der Waals surface area contributed by atoms with E-state index >= 15 is 0 Å². The van der Waals surface area contributed by atoms with E-state index in [0.717, 1.165) is 16.3 Å². The predicted octanol–water partition coefficient (Wildman–Crippen LogP) is 0.865. The number of anilines is 1. The molecule has 0 bridgehead atoms. The Morgan fingerprint density at radius 2 is 2.32 bits per heavy atom. The number of hydrogen-bond donors (Lipinski definition) is 1. The minimum absolute atomic E-state index is 0.413. The number of hydrogen-bond acceptors (Lipinski definition) is 6. The molecule has 1 aliphatic heterocycles. The fraction of sp³-hybridized carbons (Fsp3) is 0.167. The van der Waals surface area contributed by atoms with Crippen LogP contribution < -0.4 is 10.6 Å². The number of amides is 1. The van der Waals surface area contributed by atoms with E-state index in [9.17, 15) is 4.79 Å². The minimum atomic E-state index is -0.413. The van der Waals surface area contributed by atoms with Crippen LogP contribution in [0.5, 0.6) is 0 Å². The molecule has 0 saturated heterocycles. The zero-order valence-electron chi connectivity index (χ0n) is 9.98. The molecular weight excluding hydrogens is 262 g/mol. The maximum Gasteiger partial charge on any atom is 0.246 e. The monoisotopic (exact) mass is 273 g/mol. The van der Waals surface area contributed by atoms with Gasteiger partial charge in [0.15, 0.2) is 0 Å². The lowest BCUT2D eigenvalue weighted by atomic mass is 10.0. The molecular formula is C12H11N5OS. The Morgan fingerprint density at radius 3 is 3.05 bits per heavy atom. The Labute approximate surface area is 113 Å². The van der Waals surface area contributed by atoms with Crippen molar-refractivity contribution in [1.82, 2.24) is 15.0 Å². The van der Waals surface area contributed by atoms with Crippen molar-refractivity contribution in [2.24, 2.45) is 5.73 Å². The van der Waals surface area contributed by atoms with Crippen molar-refractivity contribution < 1.29 is 4.79 Å². The molecule has 0 unspecified atom stereocenters. The third-order valence-corrected chi connectivity index (χ3v) is 3.62. The standard InChI is InChI=1S/C12H11N5OS/c13-11(18)9-1-8-2-14-6-16-12(8)17(4-9)5-10-3-15-7-19-10/h2-4,6-7H,1,5H2,(H2,13,18). The number of nitrogens with zero attached hydrogens (tertiary/aromatic N) is 4. The summed E-state index contributed by atoms with van der Waals surface area (Å²) >= 11 is 1.56. The van der Waals surface area contributed by atoms with E-state index in [1.54, 1.807) is 35.4 Å². The van der Waals surface area contributed by atoms with Crippen LogP contribution in [0.25, 0.3) is 0 Å². The number of nitrogens with two attached hydrogens (primary N) is 1. The molecule has 1 aliphatic rings. The summed E-state index contributed by atoms with van der Waals surface area (Å²) in [5, 5.41) is 0. The lowest BCUT2D eigenvalue weighted by molar-refractivity contribution is -0.114. The van der Waals surface area contributed by atoms with Crippen LogP contribution in [0.3, 0.4) is 0 Å². The minimum Gasteiger partial charge on any atom is -0.366 e. The van der Waals surface area contributed by atoms with Gasteiger partial charge in [0, 0.05) is 41.0 Å². The first-order valence-corrected chi connectivity index (χ1v) is 6.55. The van der Waals surface area contributed by atoms with Gasteiger partial charge < -0.3 is 10.6 Å². The number of fused-ring (bicyclic) bond motifs is 1. The van der Waals surface area contributed by atoms with Gasteiger partial charge in [-0.15, -0.1) is 11.3 Å². The summed E-state index contributed by atoms with van der Waals surface area (Å²) in [6, 6.07) is 0. The summed E-state index contributed by atoms with van der Waals surface area (Å²) in [7, 11) is 0. The molecule has 2 N–H and O–H groups in total. The molecule has 96 valence electrons. The molecule has 0 radical (unpaired) electrons. The van der Waals surface area contributed by atoms with Crippen molar-refractivity contribution >= 4 is 23.1 Å². The molecule has 6 nitrogen and oxygen atoms in total. The quantitative estimate of drug-likeness (QED) is 0.896. The Bertz CT molecular complexity index is 637. The van der Waals surface area contributed by atoms with Crippen LogP contribution in [0.15, 0.2) is 36.0 Å². The molecule has 0 fully saturated rings. The van der Waals surface area contributed by atoms with E-state index in [4.69, 9.17) is 5.73 Å². The zero-order valence-corrected chi connectivity index (χ0v) is 10.8. The van der Waals surface area contributed by atoms with Crippen molar-refractivity contribution in [2.75, 3.05) is 4.90 Å².